The number of hydrogen-bond donors (Lipinski definition) is 3. The summed E-state index contributed by atoms with van der Waals surface area (Å²) in [4.78, 5) is 11.8. The molecule has 4 nitrogen and oxygen atoms in total. The SMILES string of the molecule is CNC(=O)c1ccc(N)cc1NCc1ccccc1. The zero-order chi connectivity index (χ0) is 13.7. The molecule has 0 bridgehead atoms. The van der Waals surface area contributed by atoms with E-state index in [4.69, 9.17) is 5.73 Å². The maximum absolute atomic E-state index is 11.8. The minimum Gasteiger partial charge on any atom is -0.399 e. The Hall–Kier alpha value is -2.49. The Bertz CT molecular complexity index is 567. The summed E-state index contributed by atoms with van der Waals surface area (Å²) >= 11 is 0. The largest absolute Gasteiger partial charge is 0.399 e. The van der Waals surface area contributed by atoms with Gasteiger partial charge in [-0.1, -0.05) is 30.3 Å². The van der Waals surface area contributed by atoms with Gasteiger partial charge < -0.3 is 16.4 Å². The molecule has 4 heteroatoms. The Morgan fingerprint density at radius 1 is 1.16 bits per heavy atom. The number of amides is 1. The van der Waals surface area contributed by atoms with Gasteiger partial charge in [0.25, 0.3) is 5.91 Å². The summed E-state index contributed by atoms with van der Waals surface area (Å²) in [5.41, 5.74) is 8.87. The van der Waals surface area contributed by atoms with Gasteiger partial charge in [0.2, 0.25) is 0 Å². The van der Waals surface area contributed by atoms with E-state index in [0.29, 0.717) is 17.8 Å². The molecule has 2 rings (SSSR count). The summed E-state index contributed by atoms with van der Waals surface area (Å²) in [5, 5.41) is 5.86. The summed E-state index contributed by atoms with van der Waals surface area (Å²) < 4.78 is 0. The number of carbonyl (C=O) groups excluding carboxylic acids is 1. The lowest BCUT2D eigenvalue weighted by atomic mass is 10.1. The lowest BCUT2D eigenvalue weighted by Crippen LogP contribution is -2.19. The molecule has 0 saturated heterocycles. The molecule has 19 heavy (non-hydrogen) atoms. The van der Waals surface area contributed by atoms with Gasteiger partial charge in [0.1, 0.15) is 0 Å². The molecule has 0 unspecified atom stereocenters. The number of hydrogen-bond acceptors (Lipinski definition) is 3. The zero-order valence-corrected chi connectivity index (χ0v) is 10.8. The van der Waals surface area contributed by atoms with E-state index in [1.807, 2.05) is 30.3 Å². The fraction of sp³-hybridized carbons (Fsp3) is 0.133. The van der Waals surface area contributed by atoms with Crippen LogP contribution in [-0.2, 0) is 6.54 Å². The van der Waals surface area contributed by atoms with Gasteiger partial charge in [0.05, 0.1) is 5.56 Å². The Morgan fingerprint density at radius 2 is 1.89 bits per heavy atom. The van der Waals surface area contributed by atoms with E-state index >= 15 is 0 Å². The van der Waals surface area contributed by atoms with Gasteiger partial charge in [-0.2, -0.15) is 0 Å². The standard InChI is InChI=1S/C15H17N3O/c1-17-15(19)13-8-7-12(16)9-14(13)18-10-11-5-3-2-4-6-11/h2-9,18H,10,16H2,1H3,(H,17,19). The highest BCUT2D eigenvalue weighted by Gasteiger charge is 2.09. The van der Waals surface area contributed by atoms with Crippen molar-refractivity contribution in [2.24, 2.45) is 0 Å². The first kappa shape index (κ1) is 13.0. The first-order chi connectivity index (χ1) is 9.20. The number of anilines is 2. The van der Waals surface area contributed by atoms with Crippen LogP contribution in [0.2, 0.25) is 0 Å². The average molecular weight is 255 g/mol. The summed E-state index contributed by atoms with van der Waals surface area (Å²) in [5.74, 6) is -0.129. The van der Waals surface area contributed by atoms with Crippen LogP contribution < -0.4 is 16.4 Å². The Balaban J connectivity index is 2.19. The molecule has 4 N–H and O–H groups in total. The Labute approximate surface area is 112 Å². The average Bonchev–Trinajstić information content (AvgIpc) is 2.45. The zero-order valence-electron chi connectivity index (χ0n) is 10.8. The second-order valence-corrected chi connectivity index (χ2v) is 4.22. The number of benzene rings is 2. The van der Waals surface area contributed by atoms with Gasteiger partial charge in [-0.3, -0.25) is 4.79 Å². The van der Waals surface area contributed by atoms with Crippen LogP contribution in [0.5, 0.6) is 0 Å². The van der Waals surface area contributed by atoms with Gasteiger partial charge in [0.15, 0.2) is 0 Å². The normalized spacial score (nSPS) is 9.95. The second-order valence-electron chi connectivity index (χ2n) is 4.22. The van der Waals surface area contributed by atoms with E-state index in [2.05, 4.69) is 10.6 Å². The molecule has 1 amide bonds. The number of nitrogens with one attached hydrogen (secondary N) is 2. The van der Waals surface area contributed by atoms with Crippen LogP contribution in [0.15, 0.2) is 48.5 Å². The summed E-state index contributed by atoms with van der Waals surface area (Å²) in [6.45, 7) is 0.647. The van der Waals surface area contributed by atoms with Gasteiger partial charge in [-0.05, 0) is 23.8 Å². The molecule has 2 aromatic rings. The molecule has 0 aromatic heterocycles. The first-order valence-electron chi connectivity index (χ1n) is 6.10. The fourth-order valence-electron chi connectivity index (χ4n) is 1.83. The molecule has 0 atom stereocenters. The third-order valence-corrected chi connectivity index (χ3v) is 2.84. The van der Waals surface area contributed by atoms with E-state index in [9.17, 15) is 4.79 Å². The molecular formula is C15H17N3O. The molecule has 0 aliphatic carbocycles. The highest BCUT2D eigenvalue weighted by atomic mass is 16.1. The summed E-state index contributed by atoms with van der Waals surface area (Å²) in [6.07, 6.45) is 0. The Kier molecular flexibility index (Phi) is 4.03. The minimum atomic E-state index is -0.129. The molecule has 0 heterocycles. The van der Waals surface area contributed by atoms with Crippen molar-refractivity contribution in [2.45, 2.75) is 6.54 Å². The number of nitrogen functional groups attached to an aromatic ring is 1. The molecule has 0 saturated carbocycles. The van der Waals surface area contributed by atoms with E-state index in [1.165, 1.54) is 0 Å². The molecule has 2 aromatic carbocycles. The minimum absolute atomic E-state index is 0.129. The van der Waals surface area contributed by atoms with Crippen molar-refractivity contribution in [1.29, 1.82) is 0 Å². The van der Waals surface area contributed by atoms with E-state index in [0.717, 1.165) is 11.3 Å². The van der Waals surface area contributed by atoms with Gasteiger partial charge in [-0.25, -0.2) is 0 Å². The van der Waals surface area contributed by atoms with Crippen LogP contribution in [0.1, 0.15) is 15.9 Å². The Morgan fingerprint density at radius 3 is 2.58 bits per heavy atom. The molecule has 0 spiro atoms. The predicted octanol–water partition coefficient (Wildman–Crippen LogP) is 2.24. The fourth-order valence-corrected chi connectivity index (χ4v) is 1.83. The van der Waals surface area contributed by atoms with Crippen LogP contribution in [-0.4, -0.2) is 13.0 Å². The van der Waals surface area contributed by atoms with E-state index in [1.54, 1.807) is 25.2 Å². The molecule has 0 fully saturated rings. The van der Waals surface area contributed by atoms with Crippen molar-refractivity contribution < 1.29 is 4.79 Å². The second kappa shape index (κ2) is 5.91. The molecule has 0 aliphatic heterocycles. The first-order valence-corrected chi connectivity index (χ1v) is 6.10. The number of carbonyl (C=O) groups is 1. The maximum atomic E-state index is 11.8. The van der Waals surface area contributed by atoms with Gasteiger partial charge in [0, 0.05) is 25.0 Å². The van der Waals surface area contributed by atoms with Crippen LogP contribution in [0.3, 0.4) is 0 Å². The van der Waals surface area contributed by atoms with Gasteiger partial charge in [-0.15, -0.1) is 0 Å². The van der Waals surface area contributed by atoms with Crippen LogP contribution in [0.25, 0.3) is 0 Å². The molecule has 0 radical (unpaired) electrons. The van der Waals surface area contributed by atoms with Gasteiger partial charge >= 0.3 is 0 Å². The summed E-state index contributed by atoms with van der Waals surface area (Å²) in [6, 6.07) is 15.2. The third-order valence-electron chi connectivity index (χ3n) is 2.84. The molecule has 0 aliphatic rings. The van der Waals surface area contributed by atoms with E-state index in [-0.39, 0.29) is 5.91 Å². The predicted molar refractivity (Wildman–Crippen MR) is 78.0 cm³/mol. The van der Waals surface area contributed by atoms with Crippen molar-refractivity contribution in [3.63, 3.8) is 0 Å². The van der Waals surface area contributed by atoms with Crippen molar-refractivity contribution in [2.75, 3.05) is 18.1 Å². The number of rotatable bonds is 4. The third kappa shape index (κ3) is 3.25. The van der Waals surface area contributed by atoms with Crippen molar-refractivity contribution >= 4 is 17.3 Å². The van der Waals surface area contributed by atoms with Crippen molar-refractivity contribution in [1.82, 2.24) is 5.32 Å². The van der Waals surface area contributed by atoms with Crippen LogP contribution in [0.4, 0.5) is 11.4 Å². The lowest BCUT2D eigenvalue weighted by Gasteiger charge is -2.12. The lowest BCUT2D eigenvalue weighted by molar-refractivity contribution is 0.0964. The highest BCUT2D eigenvalue weighted by molar-refractivity contribution is 6.00. The molecule has 98 valence electrons. The van der Waals surface area contributed by atoms with Crippen LogP contribution in [0, 0.1) is 0 Å². The van der Waals surface area contributed by atoms with Crippen molar-refractivity contribution in [3.8, 4) is 0 Å². The monoisotopic (exact) mass is 255 g/mol. The van der Waals surface area contributed by atoms with Crippen molar-refractivity contribution in [3.05, 3.63) is 59.7 Å². The maximum Gasteiger partial charge on any atom is 0.253 e. The summed E-state index contributed by atoms with van der Waals surface area (Å²) in [7, 11) is 1.61. The highest BCUT2D eigenvalue weighted by Crippen LogP contribution is 2.20. The van der Waals surface area contributed by atoms with Crippen LogP contribution >= 0.6 is 0 Å². The molecular weight excluding hydrogens is 238 g/mol. The number of nitrogens with two attached hydrogens (primary N) is 1. The quantitative estimate of drug-likeness (QED) is 0.734. The smallest absolute Gasteiger partial charge is 0.253 e. The van der Waals surface area contributed by atoms with E-state index < -0.39 is 0 Å². The topological polar surface area (TPSA) is 67.2 Å².